The Morgan fingerprint density at radius 1 is 1.29 bits per heavy atom. The molecule has 0 aromatic carbocycles. The molecule has 5 heterocycles. The van der Waals surface area contributed by atoms with Crippen molar-refractivity contribution in [3.63, 3.8) is 0 Å². The summed E-state index contributed by atoms with van der Waals surface area (Å²) < 4.78 is 18.6. The highest BCUT2D eigenvalue weighted by Crippen LogP contribution is 2.32. The fraction of sp³-hybridized carbons (Fsp3) is 0.444. The van der Waals surface area contributed by atoms with Crippen LogP contribution in [0.5, 0.6) is 0 Å². The number of fused-ring (bicyclic) bond motifs is 3. The van der Waals surface area contributed by atoms with Crippen molar-refractivity contribution in [1.29, 1.82) is 0 Å². The van der Waals surface area contributed by atoms with E-state index in [1.165, 1.54) is 12.1 Å². The highest BCUT2D eigenvalue weighted by Gasteiger charge is 2.40. The van der Waals surface area contributed by atoms with Gasteiger partial charge in [-0.05, 0) is 63.0 Å². The zero-order valence-electron chi connectivity index (χ0n) is 13.5. The van der Waals surface area contributed by atoms with Gasteiger partial charge in [-0.1, -0.05) is 0 Å². The second kappa shape index (κ2) is 6.02. The van der Waals surface area contributed by atoms with E-state index in [1.54, 1.807) is 12.1 Å². The summed E-state index contributed by atoms with van der Waals surface area (Å²) >= 11 is 0. The van der Waals surface area contributed by atoms with Gasteiger partial charge in [0.05, 0.1) is 6.20 Å². The molecule has 2 aromatic rings. The largest absolute Gasteiger partial charge is 0.449 e. The number of amides is 1. The Morgan fingerprint density at radius 3 is 2.75 bits per heavy atom. The van der Waals surface area contributed by atoms with Crippen molar-refractivity contribution in [2.24, 2.45) is 5.92 Å². The van der Waals surface area contributed by atoms with E-state index < -0.39 is 5.82 Å². The summed E-state index contributed by atoms with van der Waals surface area (Å²) in [5.41, 5.74) is 0.506. The molecule has 0 spiro atoms. The number of piperidine rings is 3. The van der Waals surface area contributed by atoms with Crippen molar-refractivity contribution in [3.05, 3.63) is 42.0 Å². The first-order valence-corrected chi connectivity index (χ1v) is 8.38. The van der Waals surface area contributed by atoms with E-state index >= 15 is 0 Å². The third kappa shape index (κ3) is 2.71. The van der Waals surface area contributed by atoms with Gasteiger partial charge in [-0.15, -0.1) is 0 Å². The zero-order chi connectivity index (χ0) is 16.7. The number of carbonyl (C=O) groups excluding carboxylic acids is 1. The second-order valence-electron chi connectivity index (χ2n) is 6.64. The van der Waals surface area contributed by atoms with Crippen molar-refractivity contribution in [2.45, 2.75) is 31.8 Å². The van der Waals surface area contributed by atoms with Gasteiger partial charge in [-0.3, -0.25) is 9.69 Å². The average molecular weight is 329 g/mol. The Balaban J connectivity index is 1.48. The van der Waals surface area contributed by atoms with Gasteiger partial charge >= 0.3 is 0 Å². The van der Waals surface area contributed by atoms with Crippen LogP contribution in [0.2, 0.25) is 0 Å². The monoisotopic (exact) mass is 329 g/mol. The lowest BCUT2D eigenvalue weighted by molar-refractivity contribution is 0.0211. The summed E-state index contributed by atoms with van der Waals surface area (Å²) in [5.74, 6) is 0.664. The topological polar surface area (TPSA) is 58.4 Å². The molecule has 3 aliphatic rings. The Bertz CT molecular complexity index is 733. The first-order valence-electron chi connectivity index (χ1n) is 8.38. The molecule has 3 aliphatic heterocycles. The number of carbonyl (C=O) groups is 1. The Kier molecular flexibility index (Phi) is 3.84. The molecular weight excluding hydrogens is 309 g/mol. The minimum absolute atomic E-state index is 0.164. The molecule has 5 nitrogen and oxygen atoms in total. The van der Waals surface area contributed by atoms with Gasteiger partial charge in [0.15, 0.2) is 11.5 Å². The summed E-state index contributed by atoms with van der Waals surface area (Å²) in [6.45, 7) is 4.42. The maximum Gasteiger partial charge on any atom is 0.287 e. The molecule has 0 radical (unpaired) electrons. The number of rotatable bonds is 3. The summed E-state index contributed by atoms with van der Waals surface area (Å²) in [4.78, 5) is 18.9. The summed E-state index contributed by atoms with van der Waals surface area (Å²) in [6.07, 6.45) is 3.41. The van der Waals surface area contributed by atoms with Crippen LogP contribution in [0.3, 0.4) is 0 Å². The molecular formula is C18H20FN3O2. The molecule has 5 rings (SSSR count). The van der Waals surface area contributed by atoms with Gasteiger partial charge in [0.1, 0.15) is 11.5 Å². The predicted octanol–water partition coefficient (Wildman–Crippen LogP) is 2.69. The minimum atomic E-state index is -0.403. The molecule has 2 atom stereocenters. The van der Waals surface area contributed by atoms with E-state index in [1.807, 2.05) is 0 Å². The maximum atomic E-state index is 12.9. The number of furan rings is 1. The highest BCUT2D eigenvalue weighted by atomic mass is 19.1. The van der Waals surface area contributed by atoms with Crippen LogP contribution < -0.4 is 5.32 Å². The number of aromatic nitrogens is 1. The molecule has 2 aromatic heterocycles. The van der Waals surface area contributed by atoms with Crippen LogP contribution in [-0.2, 0) is 0 Å². The lowest BCUT2D eigenvalue weighted by atomic mass is 9.79. The minimum Gasteiger partial charge on any atom is -0.449 e. The van der Waals surface area contributed by atoms with Crippen molar-refractivity contribution in [2.75, 3.05) is 13.1 Å². The maximum absolute atomic E-state index is 12.9. The van der Waals surface area contributed by atoms with Gasteiger partial charge in [0.25, 0.3) is 5.91 Å². The second-order valence-corrected chi connectivity index (χ2v) is 6.64. The number of pyridine rings is 1. The molecule has 2 unspecified atom stereocenters. The molecule has 1 amide bonds. The van der Waals surface area contributed by atoms with Crippen molar-refractivity contribution < 1.29 is 13.6 Å². The van der Waals surface area contributed by atoms with Crippen LogP contribution in [0.15, 0.2) is 34.9 Å². The smallest absolute Gasteiger partial charge is 0.287 e. The SMILES string of the molecule is CC1C(NC(=O)c2ccc(-c3ccc(F)cn3)o2)C2CCN1CC2. The summed E-state index contributed by atoms with van der Waals surface area (Å²) in [5, 5.41) is 3.14. The van der Waals surface area contributed by atoms with E-state index in [2.05, 4.69) is 22.1 Å². The highest BCUT2D eigenvalue weighted by molar-refractivity contribution is 5.92. The van der Waals surface area contributed by atoms with Crippen molar-refractivity contribution >= 4 is 5.91 Å². The van der Waals surface area contributed by atoms with Gasteiger partial charge in [0.2, 0.25) is 0 Å². The number of nitrogens with one attached hydrogen (secondary N) is 1. The summed E-state index contributed by atoms with van der Waals surface area (Å²) in [6, 6.07) is 6.70. The Hall–Kier alpha value is -2.21. The lowest BCUT2D eigenvalue weighted by Gasteiger charge is -2.49. The molecule has 0 saturated carbocycles. The molecule has 3 fully saturated rings. The molecule has 0 aliphatic carbocycles. The van der Waals surface area contributed by atoms with Crippen LogP contribution in [0.4, 0.5) is 4.39 Å². The lowest BCUT2D eigenvalue weighted by Crippen LogP contribution is -2.62. The third-order valence-electron chi connectivity index (χ3n) is 5.29. The molecule has 126 valence electrons. The van der Waals surface area contributed by atoms with Gasteiger partial charge in [-0.2, -0.15) is 0 Å². The normalized spacial score (nSPS) is 28.8. The molecule has 6 heteroatoms. The van der Waals surface area contributed by atoms with Crippen molar-refractivity contribution in [3.8, 4) is 11.5 Å². The first kappa shape index (κ1) is 15.3. The van der Waals surface area contributed by atoms with Crippen LogP contribution >= 0.6 is 0 Å². The number of halogens is 1. The molecule has 1 N–H and O–H groups in total. The van der Waals surface area contributed by atoms with E-state index in [0.29, 0.717) is 23.4 Å². The number of hydrogen-bond acceptors (Lipinski definition) is 4. The standard InChI is InChI=1S/C18H20FN3O2/c1-11-17(12-6-8-22(11)9-7-12)21-18(23)16-5-4-15(24-16)14-3-2-13(19)10-20-14/h2-5,10-12,17H,6-9H2,1H3,(H,21,23). The predicted molar refractivity (Wildman–Crippen MR) is 86.9 cm³/mol. The fourth-order valence-corrected chi connectivity index (χ4v) is 3.89. The molecule has 2 bridgehead atoms. The Labute approximate surface area is 139 Å². The van der Waals surface area contributed by atoms with Gasteiger partial charge < -0.3 is 9.73 Å². The zero-order valence-corrected chi connectivity index (χ0v) is 13.5. The molecule has 24 heavy (non-hydrogen) atoms. The number of hydrogen-bond donors (Lipinski definition) is 1. The van der Waals surface area contributed by atoms with Crippen LogP contribution in [-0.4, -0.2) is 41.0 Å². The molecule has 3 saturated heterocycles. The van der Waals surface area contributed by atoms with Crippen molar-refractivity contribution in [1.82, 2.24) is 15.2 Å². The summed E-state index contributed by atoms with van der Waals surface area (Å²) in [7, 11) is 0. The van der Waals surface area contributed by atoms with Crippen LogP contribution in [0, 0.1) is 11.7 Å². The fourth-order valence-electron chi connectivity index (χ4n) is 3.89. The third-order valence-corrected chi connectivity index (χ3v) is 5.29. The van der Waals surface area contributed by atoms with E-state index in [0.717, 1.165) is 32.1 Å². The van der Waals surface area contributed by atoms with E-state index in [4.69, 9.17) is 4.42 Å². The van der Waals surface area contributed by atoms with E-state index in [-0.39, 0.29) is 17.7 Å². The average Bonchev–Trinajstić information content (AvgIpc) is 3.09. The van der Waals surface area contributed by atoms with Crippen LogP contribution in [0.25, 0.3) is 11.5 Å². The quantitative estimate of drug-likeness (QED) is 0.941. The first-order chi connectivity index (χ1) is 11.6. The van der Waals surface area contributed by atoms with Crippen LogP contribution in [0.1, 0.15) is 30.3 Å². The number of nitrogens with zero attached hydrogens (tertiary/aromatic N) is 2. The van der Waals surface area contributed by atoms with Gasteiger partial charge in [0, 0.05) is 12.1 Å². The van der Waals surface area contributed by atoms with Gasteiger partial charge in [-0.25, -0.2) is 9.37 Å². The van der Waals surface area contributed by atoms with E-state index in [9.17, 15) is 9.18 Å². The Morgan fingerprint density at radius 2 is 2.08 bits per heavy atom.